The van der Waals surface area contributed by atoms with Gasteiger partial charge in [0.25, 0.3) is 12.9 Å². The van der Waals surface area contributed by atoms with Gasteiger partial charge in [-0.3, -0.25) is 4.68 Å². The standard InChI is InChI=1S/C23H19F4N7/c1-13-7-19(23(26)27)34(31-13)21-9-17(29-12-30-21)8-18-14(2)22(33(32-18)11-20(24)25)16-5-3-15(10-28)4-6-16/h3-7,9,12,20,23H,8,11H2,1-2H3. The van der Waals surface area contributed by atoms with E-state index in [1.165, 1.54) is 23.1 Å². The lowest BCUT2D eigenvalue weighted by Crippen LogP contribution is -2.10. The number of aryl methyl sites for hydroxylation is 1. The van der Waals surface area contributed by atoms with E-state index < -0.39 is 19.4 Å². The highest BCUT2D eigenvalue weighted by Crippen LogP contribution is 2.29. The normalized spacial score (nSPS) is 11.4. The number of aromatic nitrogens is 6. The molecule has 0 saturated carbocycles. The maximum Gasteiger partial charge on any atom is 0.280 e. The third-order valence-corrected chi connectivity index (χ3v) is 5.24. The van der Waals surface area contributed by atoms with Crippen molar-refractivity contribution in [2.45, 2.75) is 39.7 Å². The van der Waals surface area contributed by atoms with Gasteiger partial charge in [-0.25, -0.2) is 32.2 Å². The van der Waals surface area contributed by atoms with Gasteiger partial charge in [0.2, 0.25) is 0 Å². The summed E-state index contributed by atoms with van der Waals surface area (Å²) in [5.41, 5.74) is 3.39. The molecule has 0 radical (unpaired) electrons. The van der Waals surface area contributed by atoms with Gasteiger partial charge in [-0.15, -0.1) is 0 Å². The van der Waals surface area contributed by atoms with E-state index in [0.717, 1.165) is 4.68 Å². The Morgan fingerprint density at radius 2 is 1.74 bits per heavy atom. The van der Waals surface area contributed by atoms with E-state index in [2.05, 4.69) is 20.2 Å². The largest absolute Gasteiger partial charge is 0.280 e. The third-order valence-electron chi connectivity index (χ3n) is 5.24. The molecule has 0 bridgehead atoms. The molecule has 11 heteroatoms. The fourth-order valence-corrected chi connectivity index (χ4v) is 3.73. The van der Waals surface area contributed by atoms with E-state index in [1.54, 1.807) is 38.1 Å². The van der Waals surface area contributed by atoms with E-state index in [9.17, 15) is 17.6 Å². The minimum atomic E-state index is -2.73. The van der Waals surface area contributed by atoms with E-state index >= 15 is 0 Å². The monoisotopic (exact) mass is 469 g/mol. The maximum atomic E-state index is 13.4. The Bertz CT molecular complexity index is 1350. The average molecular weight is 469 g/mol. The molecule has 3 heterocycles. The molecule has 4 rings (SSSR count). The number of benzene rings is 1. The molecule has 0 atom stereocenters. The Morgan fingerprint density at radius 3 is 2.38 bits per heavy atom. The van der Waals surface area contributed by atoms with Crippen LogP contribution in [0.25, 0.3) is 17.1 Å². The second kappa shape index (κ2) is 9.43. The molecule has 0 aliphatic carbocycles. The van der Waals surface area contributed by atoms with Crippen molar-refractivity contribution in [2.75, 3.05) is 0 Å². The molecule has 0 fully saturated rings. The summed E-state index contributed by atoms with van der Waals surface area (Å²) in [4.78, 5) is 8.27. The molecule has 0 spiro atoms. The molecule has 3 aromatic heterocycles. The number of nitrogens with zero attached hydrogens (tertiary/aromatic N) is 7. The Morgan fingerprint density at radius 1 is 1.00 bits per heavy atom. The van der Waals surface area contributed by atoms with Crippen LogP contribution >= 0.6 is 0 Å². The van der Waals surface area contributed by atoms with Crippen LogP contribution < -0.4 is 0 Å². The van der Waals surface area contributed by atoms with Gasteiger partial charge in [-0.05, 0) is 37.6 Å². The van der Waals surface area contributed by atoms with Gasteiger partial charge < -0.3 is 0 Å². The molecule has 0 aliphatic rings. The first-order valence-electron chi connectivity index (χ1n) is 10.3. The molecular formula is C23H19F4N7. The molecule has 7 nitrogen and oxygen atoms in total. The molecular weight excluding hydrogens is 450 g/mol. The smallest absolute Gasteiger partial charge is 0.259 e. The van der Waals surface area contributed by atoms with Gasteiger partial charge in [0.15, 0.2) is 5.82 Å². The molecule has 0 aliphatic heterocycles. The zero-order valence-corrected chi connectivity index (χ0v) is 18.3. The minimum absolute atomic E-state index is 0.172. The first-order chi connectivity index (χ1) is 16.3. The number of hydrogen-bond acceptors (Lipinski definition) is 5. The summed E-state index contributed by atoms with van der Waals surface area (Å²) in [5.74, 6) is 0.172. The van der Waals surface area contributed by atoms with E-state index in [1.807, 2.05) is 6.07 Å². The number of rotatable bonds is 7. The van der Waals surface area contributed by atoms with Gasteiger partial charge in [-0.2, -0.15) is 15.5 Å². The lowest BCUT2D eigenvalue weighted by Gasteiger charge is -2.08. The molecule has 1 aromatic carbocycles. The average Bonchev–Trinajstić information content (AvgIpc) is 3.34. The van der Waals surface area contributed by atoms with Crippen molar-refractivity contribution < 1.29 is 17.6 Å². The van der Waals surface area contributed by atoms with Gasteiger partial charge >= 0.3 is 0 Å². The van der Waals surface area contributed by atoms with Crippen molar-refractivity contribution >= 4 is 0 Å². The van der Waals surface area contributed by atoms with Crippen LogP contribution in [-0.2, 0) is 13.0 Å². The fraction of sp³-hybridized carbons (Fsp3) is 0.261. The lowest BCUT2D eigenvalue weighted by molar-refractivity contribution is 0.122. The van der Waals surface area contributed by atoms with Crippen molar-refractivity contribution in [3.63, 3.8) is 0 Å². The molecule has 4 aromatic rings. The van der Waals surface area contributed by atoms with Gasteiger partial charge in [0.05, 0.1) is 34.4 Å². The summed E-state index contributed by atoms with van der Waals surface area (Å²) in [6.07, 6.45) is -3.94. The van der Waals surface area contributed by atoms with E-state index in [4.69, 9.17) is 5.26 Å². The zero-order chi connectivity index (χ0) is 24.4. The zero-order valence-electron chi connectivity index (χ0n) is 18.3. The van der Waals surface area contributed by atoms with E-state index in [-0.39, 0.29) is 17.9 Å². The first kappa shape index (κ1) is 23.1. The van der Waals surface area contributed by atoms with Crippen molar-refractivity contribution in [1.82, 2.24) is 29.5 Å². The SMILES string of the molecule is Cc1cc(C(F)F)n(-c2cc(Cc3nn(CC(F)F)c(-c4ccc(C#N)cc4)c3C)ncn2)n1. The van der Waals surface area contributed by atoms with Crippen LogP contribution in [0.1, 0.15) is 40.3 Å². The quantitative estimate of drug-likeness (QED) is 0.363. The van der Waals surface area contributed by atoms with Crippen molar-refractivity contribution in [3.05, 3.63) is 76.6 Å². The Labute approximate surface area is 192 Å². The molecule has 0 N–H and O–H groups in total. The molecule has 0 saturated heterocycles. The molecule has 0 amide bonds. The van der Waals surface area contributed by atoms with Crippen LogP contribution in [0.5, 0.6) is 0 Å². The first-order valence-corrected chi connectivity index (χ1v) is 10.3. The van der Waals surface area contributed by atoms with Crippen LogP contribution in [-0.4, -0.2) is 36.0 Å². The third kappa shape index (κ3) is 4.66. The maximum absolute atomic E-state index is 13.4. The van der Waals surface area contributed by atoms with Crippen LogP contribution in [0.3, 0.4) is 0 Å². The Hall–Kier alpha value is -4.07. The predicted octanol–water partition coefficient (Wildman–Crippen LogP) is 4.81. The van der Waals surface area contributed by atoms with Crippen molar-refractivity contribution in [2.24, 2.45) is 0 Å². The molecule has 174 valence electrons. The highest BCUT2D eigenvalue weighted by atomic mass is 19.3. The van der Waals surface area contributed by atoms with Gasteiger partial charge in [-0.1, -0.05) is 12.1 Å². The Balaban J connectivity index is 1.72. The predicted molar refractivity (Wildman–Crippen MR) is 115 cm³/mol. The van der Waals surface area contributed by atoms with Gasteiger partial charge in [0.1, 0.15) is 18.6 Å². The van der Waals surface area contributed by atoms with Gasteiger partial charge in [0, 0.05) is 18.1 Å². The van der Waals surface area contributed by atoms with Crippen molar-refractivity contribution in [1.29, 1.82) is 5.26 Å². The van der Waals surface area contributed by atoms with Crippen LogP contribution in [0.2, 0.25) is 0 Å². The molecule has 34 heavy (non-hydrogen) atoms. The number of nitriles is 1. The highest BCUT2D eigenvalue weighted by molar-refractivity contribution is 5.65. The summed E-state index contributed by atoms with van der Waals surface area (Å²) in [5, 5.41) is 17.5. The van der Waals surface area contributed by atoms with E-state index in [0.29, 0.717) is 39.5 Å². The van der Waals surface area contributed by atoms with Crippen LogP contribution in [0.15, 0.2) is 42.7 Å². The number of hydrogen-bond donors (Lipinski definition) is 0. The molecule has 0 unspecified atom stereocenters. The summed E-state index contributed by atoms with van der Waals surface area (Å²) in [6, 6.07) is 11.4. The minimum Gasteiger partial charge on any atom is -0.259 e. The second-order valence-electron chi connectivity index (χ2n) is 7.65. The Kier molecular flexibility index (Phi) is 6.40. The summed E-state index contributed by atoms with van der Waals surface area (Å²) in [7, 11) is 0. The lowest BCUT2D eigenvalue weighted by atomic mass is 10.0. The number of alkyl halides is 4. The summed E-state index contributed by atoms with van der Waals surface area (Å²) in [6.45, 7) is 2.77. The summed E-state index contributed by atoms with van der Waals surface area (Å²) >= 11 is 0. The van der Waals surface area contributed by atoms with Crippen LogP contribution in [0.4, 0.5) is 17.6 Å². The number of halogens is 4. The highest BCUT2D eigenvalue weighted by Gasteiger charge is 2.21. The van der Waals surface area contributed by atoms with Crippen LogP contribution in [0, 0.1) is 25.2 Å². The topological polar surface area (TPSA) is 85.2 Å². The second-order valence-corrected chi connectivity index (χ2v) is 7.65. The fourth-order valence-electron chi connectivity index (χ4n) is 3.73. The van der Waals surface area contributed by atoms with Crippen molar-refractivity contribution in [3.8, 4) is 23.1 Å². The summed E-state index contributed by atoms with van der Waals surface area (Å²) < 4.78 is 55.6.